The summed E-state index contributed by atoms with van der Waals surface area (Å²) in [5.41, 5.74) is 0. The van der Waals surface area contributed by atoms with Crippen LogP contribution in [0.4, 0.5) is 0 Å². The van der Waals surface area contributed by atoms with E-state index in [9.17, 15) is 0 Å². The number of imidazole rings is 1. The average molecular weight is 209 g/mol. The summed E-state index contributed by atoms with van der Waals surface area (Å²) in [6.07, 6.45) is 4.80. The Balaban J connectivity index is 2.50. The van der Waals surface area contributed by atoms with Crippen molar-refractivity contribution >= 4 is 11.6 Å². The van der Waals surface area contributed by atoms with Crippen molar-refractivity contribution in [2.75, 3.05) is 7.11 Å². The lowest BCUT2D eigenvalue weighted by atomic mass is 10.4. The molecule has 2 aromatic rings. The van der Waals surface area contributed by atoms with Gasteiger partial charge in [-0.25, -0.2) is 9.97 Å². The number of rotatable bonds is 2. The van der Waals surface area contributed by atoms with E-state index in [0.29, 0.717) is 16.7 Å². The van der Waals surface area contributed by atoms with Crippen LogP contribution in [0.1, 0.15) is 0 Å². The molecule has 0 bridgehead atoms. The number of hydrogen-bond donors (Lipinski definition) is 0. The van der Waals surface area contributed by atoms with Gasteiger partial charge in [0, 0.05) is 18.5 Å². The van der Waals surface area contributed by atoms with Crippen LogP contribution in [0.5, 0.6) is 5.75 Å². The SMILES string of the molecule is COc1c[c]cnc1-n1cnc(Cl)c1. The second kappa shape index (κ2) is 3.67. The van der Waals surface area contributed by atoms with E-state index in [2.05, 4.69) is 16.0 Å². The molecule has 1 radical (unpaired) electrons. The van der Waals surface area contributed by atoms with Gasteiger partial charge in [0.05, 0.1) is 7.11 Å². The maximum atomic E-state index is 5.70. The fourth-order valence-corrected chi connectivity index (χ4v) is 1.25. The lowest BCUT2D eigenvalue weighted by Crippen LogP contribution is -1.97. The summed E-state index contributed by atoms with van der Waals surface area (Å²) in [5.74, 6) is 1.27. The molecule has 0 aliphatic heterocycles. The summed E-state index contributed by atoms with van der Waals surface area (Å²) in [4.78, 5) is 8.01. The van der Waals surface area contributed by atoms with Crippen LogP contribution in [-0.2, 0) is 0 Å². The highest BCUT2D eigenvalue weighted by Crippen LogP contribution is 2.19. The molecule has 2 rings (SSSR count). The topological polar surface area (TPSA) is 39.9 Å². The minimum absolute atomic E-state index is 0.418. The quantitative estimate of drug-likeness (QED) is 0.755. The van der Waals surface area contributed by atoms with Crippen molar-refractivity contribution in [3.05, 3.63) is 36.0 Å². The van der Waals surface area contributed by atoms with E-state index in [1.165, 1.54) is 0 Å². The van der Waals surface area contributed by atoms with Gasteiger partial charge in [0.2, 0.25) is 0 Å². The van der Waals surface area contributed by atoms with Gasteiger partial charge >= 0.3 is 0 Å². The van der Waals surface area contributed by atoms with Crippen molar-refractivity contribution in [1.29, 1.82) is 0 Å². The van der Waals surface area contributed by atoms with Crippen molar-refractivity contribution in [3.63, 3.8) is 0 Å². The average Bonchev–Trinajstić information content (AvgIpc) is 2.65. The Hall–Kier alpha value is -1.55. The first-order chi connectivity index (χ1) is 6.81. The normalized spacial score (nSPS) is 10.1. The monoisotopic (exact) mass is 208 g/mol. The van der Waals surface area contributed by atoms with Crippen LogP contribution in [0.25, 0.3) is 5.82 Å². The minimum Gasteiger partial charge on any atom is -0.493 e. The van der Waals surface area contributed by atoms with Crippen molar-refractivity contribution in [3.8, 4) is 11.6 Å². The number of halogens is 1. The lowest BCUT2D eigenvalue weighted by molar-refractivity contribution is 0.410. The van der Waals surface area contributed by atoms with Gasteiger partial charge in [-0.1, -0.05) is 11.6 Å². The fourth-order valence-electron chi connectivity index (χ4n) is 1.10. The second-order valence-corrected chi connectivity index (χ2v) is 2.95. The number of pyridine rings is 1. The molecule has 0 aliphatic rings. The van der Waals surface area contributed by atoms with Crippen LogP contribution in [0.2, 0.25) is 5.15 Å². The van der Waals surface area contributed by atoms with Crippen molar-refractivity contribution in [1.82, 2.24) is 14.5 Å². The molecule has 0 amide bonds. The number of methoxy groups -OCH3 is 1. The van der Waals surface area contributed by atoms with Gasteiger partial charge in [-0.15, -0.1) is 0 Å². The largest absolute Gasteiger partial charge is 0.493 e. The van der Waals surface area contributed by atoms with Crippen LogP contribution in [0.3, 0.4) is 0 Å². The Morgan fingerprint density at radius 3 is 3.00 bits per heavy atom. The zero-order valence-electron chi connectivity index (χ0n) is 7.44. The maximum absolute atomic E-state index is 5.70. The predicted octanol–water partition coefficient (Wildman–Crippen LogP) is 1.73. The van der Waals surface area contributed by atoms with E-state index in [0.717, 1.165) is 0 Å². The summed E-state index contributed by atoms with van der Waals surface area (Å²) in [5, 5.41) is 0.418. The van der Waals surface area contributed by atoms with Crippen LogP contribution >= 0.6 is 11.6 Å². The summed E-state index contributed by atoms with van der Waals surface area (Å²) in [7, 11) is 1.58. The standard InChI is InChI=1S/C9H7ClN3O/c1-14-7-3-2-4-11-9(7)13-5-8(10)12-6-13/h3-6H,1H3. The molecule has 0 atom stereocenters. The van der Waals surface area contributed by atoms with Crippen LogP contribution in [0, 0.1) is 6.07 Å². The van der Waals surface area contributed by atoms with Crippen LogP contribution < -0.4 is 4.74 Å². The molecule has 4 nitrogen and oxygen atoms in total. The van der Waals surface area contributed by atoms with Gasteiger partial charge in [-0.2, -0.15) is 0 Å². The van der Waals surface area contributed by atoms with Gasteiger partial charge in [-0.05, 0) is 6.07 Å². The van der Waals surface area contributed by atoms with Crippen LogP contribution in [-0.4, -0.2) is 21.6 Å². The van der Waals surface area contributed by atoms with Crippen molar-refractivity contribution in [2.45, 2.75) is 0 Å². The van der Waals surface area contributed by atoms with Crippen molar-refractivity contribution < 1.29 is 4.74 Å². The van der Waals surface area contributed by atoms with Crippen LogP contribution in [0.15, 0.2) is 24.8 Å². The second-order valence-electron chi connectivity index (χ2n) is 2.56. The first-order valence-corrected chi connectivity index (χ1v) is 4.29. The smallest absolute Gasteiger partial charge is 0.180 e. The van der Waals surface area contributed by atoms with E-state index < -0.39 is 0 Å². The van der Waals surface area contributed by atoms with Gasteiger partial charge in [0.25, 0.3) is 0 Å². The number of hydrogen-bond acceptors (Lipinski definition) is 3. The highest BCUT2D eigenvalue weighted by molar-refractivity contribution is 6.29. The van der Waals surface area contributed by atoms with E-state index in [-0.39, 0.29) is 0 Å². The molecule has 0 fully saturated rings. The summed E-state index contributed by atoms with van der Waals surface area (Å²) >= 11 is 5.70. The number of aromatic nitrogens is 3. The summed E-state index contributed by atoms with van der Waals surface area (Å²) in [6.45, 7) is 0. The molecule has 0 N–H and O–H groups in total. The molecule has 71 valence electrons. The minimum atomic E-state index is 0.418. The Morgan fingerprint density at radius 1 is 1.50 bits per heavy atom. The molecular formula is C9H7ClN3O. The molecule has 0 unspecified atom stereocenters. The first-order valence-electron chi connectivity index (χ1n) is 3.91. The number of ether oxygens (including phenoxy) is 1. The highest BCUT2D eigenvalue weighted by atomic mass is 35.5. The Bertz CT molecular complexity index is 441. The van der Waals surface area contributed by atoms with Gasteiger partial charge in [0.15, 0.2) is 11.6 Å². The Labute approximate surface area is 86.1 Å². The molecule has 5 heteroatoms. The van der Waals surface area contributed by atoms with Gasteiger partial charge in [0.1, 0.15) is 11.5 Å². The predicted molar refractivity (Wildman–Crippen MR) is 51.8 cm³/mol. The third-order valence-electron chi connectivity index (χ3n) is 1.71. The zero-order valence-corrected chi connectivity index (χ0v) is 8.19. The molecule has 14 heavy (non-hydrogen) atoms. The third kappa shape index (κ3) is 1.56. The van der Waals surface area contributed by atoms with E-state index in [1.54, 1.807) is 36.5 Å². The molecule has 2 aromatic heterocycles. The lowest BCUT2D eigenvalue weighted by Gasteiger charge is -2.05. The summed E-state index contributed by atoms with van der Waals surface area (Å²) < 4.78 is 6.81. The van der Waals surface area contributed by atoms with Crippen molar-refractivity contribution in [2.24, 2.45) is 0 Å². The molecular weight excluding hydrogens is 202 g/mol. The Morgan fingerprint density at radius 2 is 2.36 bits per heavy atom. The molecule has 2 heterocycles. The van der Waals surface area contributed by atoms with E-state index in [1.807, 2.05) is 0 Å². The molecule has 0 spiro atoms. The highest BCUT2D eigenvalue weighted by Gasteiger charge is 2.05. The Kier molecular flexibility index (Phi) is 2.37. The third-order valence-corrected chi connectivity index (χ3v) is 1.91. The molecule has 0 saturated carbocycles. The summed E-state index contributed by atoms with van der Waals surface area (Å²) in [6, 6.07) is 4.53. The van der Waals surface area contributed by atoms with E-state index in [4.69, 9.17) is 16.3 Å². The molecule has 0 aliphatic carbocycles. The fraction of sp³-hybridized carbons (Fsp3) is 0.111. The molecule has 0 saturated heterocycles. The van der Waals surface area contributed by atoms with Gasteiger partial charge in [-0.3, -0.25) is 4.57 Å². The number of nitrogens with zero attached hydrogens (tertiary/aromatic N) is 3. The van der Waals surface area contributed by atoms with E-state index >= 15 is 0 Å². The molecule has 0 aromatic carbocycles. The maximum Gasteiger partial charge on any atom is 0.180 e. The first kappa shape index (κ1) is 9.02. The van der Waals surface area contributed by atoms with Gasteiger partial charge < -0.3 is 4.74 Å². The zero-order chi connectivity index (χ0) is 9.97.